The van der Waals surface area contributed by atoms with Gasteiger partial charge in [-0.05, 0) is 48.0 Å². The number of carbonyl (C=O) groups excluding carboxylic acids is 2. The molecule has 0 radical (unpaired) electrons. The number of carbonyl (C=O) groups is 2. The third-order valence-corrected chi connectivity index (χ3v) is 8.18. The van der Waals surface area contributed by atoms with Crippen LogP contribution in [0.25, 0.3) is 11.3 Å². The van der Waals surface area contributed by atoms with E-state index >= 15 is 0 Å². The topological polar surface area (TPSA) is 89.5 Å². The van der Waals surface area contributed by atoms with Crippen LogP contribution in [0.15, 0.2) is 113 Å². The summed E-state index contributed by atoms with van der Waals surface area (Å²) in [5, 5.41) is 7.87. The highest BCUT2D eigenvalue weighted by atomic mass is 32.2. The number of methoxy groups -OCH3 is 2. The molecule has 0 spiro atoms. The summed E-state index contributed by atoms with van der Waals surface area (Å²) in [4.78, 5) is 31.8. The molecule has 7 nitrogen and oxygen atoms in total. The average Bonchev–Trinajstić information content (AvgIpc) is 3.49. The smallest absolute Gasteiger partial charge is 0.255 e. The summed E-state index contributed by atoms with van der Waals surface area (Å²) < 4.78 is 10.5. The molecule has 41 heavy (non-hydrogen) atoms. The average molecular weight is 582 g/mol. The highest BCUT2D eigenvalue weighted by Crippen LogP contribution is 2.37. The summed E-state index contributed by atoms with van der Waals surface area (Å²) in [6, 6.07) is 31.9. The number of aromatic nitrogens is 1. The summed E-state index contributed by atoms with van der Waals surface area (Å²) in [6.07, 6.45) is 0. The Hall–Kier alpha value is -4.60. The molecule has 206 valence electrons. The first-order valence-electron chi connectivity index (χ1n) is 12.7. The van der Waals surface area contributed by atoms with Gasteiger partial charge in [-0.25, -0.2) is 4.98 Å². The second kappa shape index (κ2) is 13.2. The van der Waals surface area contributed by atoms with Crippen molar-refractivity contribution in [1.82, 2.24) is 4.98 Å². The van der Waals surface area contributed by atoms with Crippen LogP contribution in [0.4, 0.5) is 10.8 Å². The van der Waals surface area contributed by atoms with Crippen LogP contribution in [0, 0.1) is 0 Å². The minimum atomic E-state index is -0.507. The van der Waals surface area contributed by atoms with E-state index in [-0.39, 0.29) is 11.8 Å². The highest BCUT2D eigenvalue weighted by molar-refractivity contribution is 8.00. The molecule has 0 bridgehead atoms. The van der Waals surface area contributed by atoms with E-state index < -0.39 is 5.25 Å². The lowest BCUT2D eigenvalue weighted by molar-refractivity contribution is -0.115. The van der Waals surface area contributed by atoms with Gasteiger partial charge in [0.15, 0.2) is 16.6 Å². The molecule has 1 heterocycles. The van der Waals surface area contributed by atoms with Gasteiger partial charge in [0.1, 0.15) is 5.25 Å². The van der Waals surface area contributed by atoms with Crippen LogP contribution in [0.5, 0.6) is 11.5 Å². The van der Waals surface area contributed by atoms with E-state index in [0.717, 1.165) is 21.7 Å². The second-order valence-corrected chi connectivity index (χ2v) is 10.9. The van der Waals surface area contributed by atoms with Gasteiger partial charge in [-0.3, -0.25) is 9.59 Å². The Morgan fingerprint density at radius 1 is 0.805 bits per heavy atom. The van der Waals surface area contributed by atoms with E-state index in [4.69, 9.17) is 9.47 Å². The summed E-state index contributed by atoms with van der Waals surface area (Å²) >= 11 is 2.82. The van der Waals surface area contributed by atoms with Gasteiger partial charge < -0.3 is 20.1 Å². The maximum absolute atomic E-state index is 13.5. The molecule has 4 aromatic carbocycles. The number of thiazole rings is 1. The zero-order valence-corrected chi connectivity index (χ0v) is 24.0. The summed E-state index contributed by atoms with van der Waals surface area (Å²) in [7, 11) is 3.07. The fraction of sp³-hybridized carbons (Fsp3) is 0.0938. The molecule has 1 aromatic heterocycles. The van der Waals surface area contributed by atoms with Gasteiger partial charge in [-0.1, -0.05) is 60.7 Å². The first-order chi connectivity index (χ1) is 20.0. The molecule has 0 aliphatic heterocycles. The molecule has 1 unspecified atom stereocenters. The van der Waals surface area contributed by atoms with Gasteiger partial charge >= 0.3 is 0 Å². The number of nitrogens with zero attached hydrogens (tertiary/aromatic N) is 1. The number of thioether (sulfide) groups is 1. The van der Waals surface area contributed by atoms with Gasteiger partial charge in [0.05, 0.1) is 19.9 Å². The Bertz CT molecular complexity index is 1620. The van der Waals surface area contributed by atoms with Crippen LogP contribution >= 0.6 is 23.1 Å². The fourth-order valence-electron chi connectivity index (χ4n) is 4.08. The van der Waals surface area contributed by atoms with Gasteiger partial charge in [0, 0.05) is 27.1 Å². The molecule has 0 saturated carbocycles. The molecule has 2 N–H and O–H groups in total. The molecule has 5 aromatic rings. The number of nitrogens with one attached hydrogen (secondary N) is 2. The highest BCUT2D eigenvalue weighted by Gasteiger charge is 2.23. The maximum atomic E-state index is 13.5. The Kier molecular flexibility index (Phi) is 8.98. The molecule has 0 fully saturated rings. The molecular formula is C32H27N3O4S2. The molecule has 0 saturated heterocycles. The van der Waals surface area contributed by atoms with E-state index in [9.17, 15) is 9.59 Å². The molecule has 1 atom stereocenters. The van der Waals surface area contributed by atoms with E-state index in [1.807, 2.05) is 90.3 Å². The monoisotopic (exact) mass is 581 g/mol. The van der Waals surface area contributed by atoms with Gasteiger partial charge in [-0.15, -0.1) is 23.1 Å². The Balaban J connectivity index is 1.28. The van der Waals surface area contributed by atoms with Crippen molar-refractivity contribution in [3.05, 3.63) is 120 Å². The molecule has 9 heteroatoms. The van der Waals surface area contributed by atoms with E-state index in [1.165, 1.54) is 30.2 Å². The van der Waals surface area contributed by atoms with Crippen molar-refractivity contribution in [1.29, 1.82) is 0 Å². The Morgan fingerprint density at radius 2 is 1.49 bits per heavy atom. The SMILES string of the molecule is COc1ccc(C(=O)Nc2ccc(SC(C(=O)Nc3nc(-c4ccccc4)cs3)c3ccccc3)cc2)cc1OC. The van der Waals surface area contributed by atoms with Crippen LogP contribution < -0.4 is 20.1 Å². The van der Waals surface area contributed by atoms with Crippen molar-refractivity contribution in [3.63, 3.8) is 0 Å². The van der Waals surface area contributed by atoms with E-state index in [0.29, 0.717) is 27.9 Å². The number of amides is 2. The van der Waals surface area contributed by atoms with Crippen molar-refractivity contribution in [3.8, 4) is 22.8 Å². The summed E-state index contributed by atoms with van der Waals surface area (Å²) in [6.45, 7) is 0. The van der Waals surface area contributed by atoms with Crippen molar-refractivity contribution in [2.75, 3.05) is 24.9 Å². The van der Waals surface area contributed by atoms with Crippen LogP contribution in [-0.4, -0.2) is 31.0 Å². The number of ether oxygens (including phenoxy) is 2. The lowest BCUT2D eigenvalue weighted by atomic mass is 10.1. The molecule has 5 rings (SSSR count). The third kappa shape index (κ3) is 6.95. The van der Waals surface area contributed by atoms with Crippen molar-refractivity contribution < 1.29 is 19.1 Å². The zero-order valence-electron chi connectivity index (χ0n) is 22.4. The summed E-state index contributed by atoms with van der Waals surface area (Å²) in [5.74, 6) is 0.590. The minimum Gasteiger partial charge on any atom is -0.493 e. The number of rotatable bonds is 10. The number of hydrogen-bond donors (Lipinski definition) is 2. The first-order valence-corrected chi connectivity index (χ1v) is 14.5. The molecule has 2 amide bonds. The quantitative estimate of drug-likeness (QED) is 0.166. The van der Waals surface area contributed by atoms with E-state index in [2.05, 4.69) is 15.6 Å². The van der Waals surface area contributed by atoms with E-state index in [1.54, 1.807) is 25.3 Å². The molecular weight excluding hydrogens is 555 g/mol. The first kappa shape index (κ1) is 27.9. The number of benzene rings is 4. The zero-order chi connectivity index (χ0) is 28.6. The second-order valence-electron chi connectivity index (χ2n) is 8.85. The third-order valence-electron chi connectivity index (χ3n) is 6.16. The van der Waals surface area contributed by atoms with Gasteiger partial charge in [0.2, 0.25) is 5.91 Å². The van der Waals surface area contributed by atoms with Crippen LogP contribution in [0.2, 0.25) is 0 Å². The van der Waals surface area contributed by atoms with Crippen molar-refractivity contribution in [2.45, 2.75) is 10.1 Å². The fourth-order valence-corrected chi connectivity index (χ4v) is 5.83. The predicted octanol–water partition coefficient (Wildman–Crippen LogP) is 7.55. The molecule has 0 aliphatic carbocycles. The van der Waals surface area contributed by atoms with Crippen LogP contribution in [-0.2, 0) is 4.79 Å². The van der Waals surface area contributed by atoms with Crippen LogP contribution in [0.1, 0.15) is 21.2 Å². The maximum Gasteiger partial charge on any atom is 0.255 e. The number of hydrogen-bond acceptors (Lipinski definition) is 7. The largest absolute Gasteiger partial charge is 0.493 e. The number of anilines is 2. The van der Waals surface area contributed by atoms with Gasteiger partial charge in [0.25, 0.3) is 5.91 Å². The van der Waals surface area contributed by atoms with Crippen molar-refractivity contribution >= 4 is 45.7 Å². The molecule has 0 aliphatic rings. The normalized spacial score (nSPS) is 11.4. The lowest BCUT2D eigenvalue weighted by Gasteiger charge is -2.16. The van der Waals surface area contributed by atoms with Gasteiger partial charge in [-0.2, -0.15) is 0 Å². The van der Waals surface area contributed by atoms with Crippen molar-refractivity contribution in [2.24, 2.45) is 0 Å². The lowest BCUT2D eigenvalue weighted by Crippen LogP contribution is -2.19. The Labute approximate surface area is 246 Å². The standard InChI is InChI=1S/C32H27N3O4S2/c1-38-27-18-13-23(19-28(27)39-2)30(36)33-24-14-16-25(17-15-24)41-29(22-11-7-4-8-12-22)31(37)35-32-34-26(20-40-32)21-9-5-3-6-10-21/h3-20,29H,1-2H3,(H,33,36)(H,34,35,37). The predicted molar refractivity (Wildman–Crippen MR) is 165 cm³/mol. The minimum absolute atomic E-state index is 0.166. The Morgan fingerprint density at radius 3 is 2.17 bits per heavy atom. The van der Waals surface area contributed by atoms with Crippen LogP contribution in [0.3, 0.4) is 0 Å². The summed E-state index contributed by atoms with van der Waals surface area (Å²) in [5.41, 5.74) is 3.77.